The van der Waals surface area contributed by atoms with E-state index in [4.69, 9.17) is 0 Å². The van der Waals surface area contributed by atoms with Crippen molar-refractivity contribution in [2.45, 2.75) is 18.3 Å². The fourth-order valence-corrected chi connectivity index (χ4v) is 4.21. The number of carbonyl (C=O) groups excluding carboxylic acids is 1. The number of fused-ring (bicyclic) bond motifs is 1. The summed E-state index contributed by atoms with van der Waals surface area (Å²) in [4.78, 5) is 15.2. The van der Waals surface area contributed by atoms with Crippen molar-refractivity contribution in [2.24, 2.45) is 0 Å². The molecule has 0 radical (unpaired) electrons. The highest BCUT2D eigenvalue weighted by molar-refractivity contribution is 6.08. The van der Waals surface area contributed by atoms with Crippen LogP contribution in [-0.4, -0.2) is 13.0 Å². The lowest BCUT2D eigenvalue weighted by Gasteiger charge is -2.34. The highest BCUT2D eigenvalue weighted by atomic mass is 16.2. The van der Waals surface area contributed by atoms with Crippen molar-refractivity contribution in [3.8, 4) is 0 Å². The smallest absolute Gasteiger partial charge is 0.238 e. The van der Waals surface area contributed by atoms with Crippen LogP contribution in [0.15, 0.2) is 84.9 Å². The van der Waals surface area contributed by atoms with E-state index in [1.54, 1.807) is 4.90 Å². The van der Waals surface area contributed by atoms with Crippen LogP contribution in [0.25, 0.3) is 0 Å². The highest BCUT2D eigenvalue weighted by Crippen LogP contribution is 2.51. The molecule has 2 nitrogen and oxygen atoms in total. The van der Waals surface area contributed by atoms with Crippen molar-refractivity contribution in [1.82, 2.24) is 0 Å². The molecule has 0 unspecified atom stereocenters. The van der Waals surface area contributed by atoms with Crippen LogP contribution in [0.4, 0.5) is 5.69 Å². The number of para-hydroxylation sites is 1. The van der Waals surface area contributed by atoms with Gasteiger partial charge in [-0.25, -0.2) is 0 Å². The number of hydrogen-bond acceptors (Lipinski definition) is 1. The summed E-state index contributed by atoms with van der Waals surface area (Å²) in [7, 11) is 1.87. The molecule has 0 bridgehead atoms. The number of carbonyl (C=O) groups is 1. The fourth-order valence-electron chi connectivity index (χ4n) is 4.21. The molecule has 2 heteroatoms. The summed E-state index contributed by atoms with van der Waals surface area (Å²) in [5, 5.41) is 0. The van der Waals surface area contributed by atoms with Crippen LogP contribution in [-0.2, 0) is 10.2 Å². The Kier molecular flexibility index (Phi) is 3.69. The van der Waals surface area contributed by atoms with Crippen LogP contribution in [0.3, 0.4) is 0 Å². The minimum Gasteiger partial charge on any atom is -0.314 e. The average molecular weight is 327 g/mol. The standard InChI is InChI=1S/C23H21NO/c1-23(19-15-9-10-16-20(19)24(2)22(23)25)21(17-11-5-3-6-12-17)18-13-7-4-8-14-18/h3-16,21H,1-2H3/t23-/m0/s1. The molecule has 1 aliphatic heterocycles. The Morgan fingerprint density at radius 1 is 0.760 bits per heavy atom. The Hall–Kier alpha value is -2.87. The van der Waals surface area contributed by atoms with Gasteiger partial charge in [0.1, 0.15) is 0 Å². The Morgan fingerprint density at radius 3 is 1.80 bits per heavy atom. The topological polar surface area (TPSA) is 20.3 Å². The lowest BCUT2D eigenvalue weighted by Crippen LogP contribution is -2.41. The van der Waals surface area contributed by atoms with Gasteiger partial charge in [-0.05, 0) is 29.7 Å². The SMILES string of the molecule is CN1C(=O)[C@](C)(C(c2ccccc2)c2ccccc2)c2ccccc21. The Labute approximate surface area is 148 Å². The molecular formula is C23H21NO. The second-order valence-corrected chi connectivity index (χ2v) is 6.84. The van der Waals surface area contributed by atoms with Crippen molar-refractivity contribution < 1.29 is 4.79 Å². The van der Waals surface area contributed by atoms with Gasteiger partial charge in [-0.3, -0.25) is 4.79 Å². The van der Waals surface area contributed by atoms with E-state index in [1.807, 2.05) is 61.6 Å². The third kappa shape index (κ3) is 2.29. The van der Waals surface area contributed by atoms with E-state index in [1.165, 1.54) is 0 Å². The van der Waals surface area contributed by atoms with Gasteiger partial charge in [0.15, 0.2) is 0 Å². The zero-order chi connectivity index (χ0) is 17.4. The van der Waals surface area contributed by atoms with E-state index in [9.17, 15) is 4.79 Å². The van der Waals surface area contributed by atoms with Gasteiger partial charge in [0.25, 0.3) is 0 Å². The molecule has 1 amide bonds. The number of nitrogens with zero attached hydrogens (tertiary/aromatic N) is 1. The van der Waals surface area contributed by atoms with Crippen molar-refractivity contribution in [3.05, 3.63) is 102 Å². The molecule has 0 aromatic heterocycles. The van der Waals surface area contributed by atoms with Crippen molar-refractivity contribution >= 4 is 11.6 Å². The summed E-state index contributed by atoms with van der Waals surface area (Å²) < 4.78 is 0. The second kappa shape index (κ2) is 5.89. The maximum Gasteiger partial charge on any atom is 0.238 e. The van der Waals surface area contributed by atoms with Gasteiger partial charge in [-0.1, -0.05) is 78.9 Å². The van der Waals surface area contributed by atoms with Crippen LogP contribution >= 0.6 is 0 Å². The Morgan fingerprint density at radius 2 is 1.24 bits per heavy atom. The molecule has 0 saturated carbocycles. The number of anilines is 1. The fraction of sp³-hybridized carbons (Fsp3) is 0.174. The first-order valence-electron chi connectivity index (χ1n) is 8.61. The molecule has 0 N–H and O–H groups in total. The maximum absolute atomic E-state index is 13.4. The second-order valence-electron chi connectivity index (χ2n) is 6.84. The molecule has 0 saturated heterocycles. The number of amides is 1. The van der Waals surface area contributed by atoms with Crippen LogP contribution < -0.4 is 4.90 Å². The summed E-state index contributed by atoms with van der Waals surface area (Å²) in [6.45, 7) is 2.09. The lowest BCUT2D eigenvalue weighted by molar-refractivity contribution is -0.122. The molecular weight excluding hydrogens is 306 g/mol. The number of hydrogen-bond donors (Lipinski definition) is 0. The molecule has 4 rings (SSSR count). The molecule has 1 atom stereocenters. The zero-order valence-corrected chi connectivity index (χ0v) is 14.5. The number of likely N-dealkylation sites (N-methyl/N-ethyl adjacent to an activating group) is 1. The molecule has 3 aromatic rings. The predicted octanol–water partition coefficient (Wildman–Crippen LogP) is 4.75. The quantitative estimate of drug-likeness (QED) is 0.679. The lowest BCUT2D eigenvalue weighted by atomic mass is 9.67. The van der Waals surface area contributed by atoms with Gasteiger partial charge >= 0.3 is 0 Å². The maximum atomic E-state index is 13.4. The van der Waals surface area contributed by atoms with Gasteiger partial charge in [0.05, 0.1) is 5.41 Å². The third-order valence-corrected chi connectivity index (χ3v) is 5.42. The highest BCUT2D eigenvalue weighted by Gasteiger charge is 2.51. The third-order valence-electron chi connectivity index (χ3n) is 5.42. The van der Waals surface area contributed by atoms with Gasteiger partial charge in [0.2, 0.25) is 5.91 Å². The molecule has 0 fully saturated rings. The van der Waals surface area contributed by atoms with Crippen LogP contribution in [0.1, 0.15) is 29.5 Å². The largest absolute Gasteiger partial charge is 0.314 e. The summed E-state index contributed by atoms with van der Waals surface area (Å²) in [6.07, 6.45) is 0. The monoisotopic (exact) mass is 327 g/mol. The zero-order valence-electron chi connectivity index (χ0n) is 14.5. The minimum absolute atomic E-state index is 0.0338. The minimum atomic E-state index is -0.631. The Balaban J connectivity index is 1.98. The normalized spacial score (nSPS) is 19.3. The average Bonchev–Trinajstić information content (AvgIpc) is 2.86. The molecule has 0 aliphatic carbocycles. The van der Waals surface area contributed by atoms with E-state index >= 15 is 0 Å². The van der Waals surface area contributed by atoms with E-state index in [-0.39, 0.29) is 11.8 Å². The summed E-state index contributed by atoms with van der Waals surface area (Å²) >= 11 is 0. The van der Waals surface area contributed by atoms with E-state index in [0.717, 1.165) is 22.4 Å². The molecule has 3 aromatic carbocycles. The van der Waals surface area contributed by atoms with Crippen LogP contribution in [0.2, 0.25) is 0 Å². The first-order valence-corrected chi connectivity index (χ1v) is 8.61. The van der Waals surface area contributed by atoms with Gasteiger partial charge in [-0.15, -0.1) is 0 Å². The molecule has 25 heavy (non-hydrogen) atoms. The van der Waals surface area contributed by atoms with E-state index < -0.39 is 5.41 Å². The number of rotatable bonds is 3. The van der Waals surface area contributed by atoms with E-state index in [2.05, 4.69) is 37.3 Å². The molecule has 1 aliphatic rings. The summed E-state index contributed by atoms with van der Waals surface area (Å²) in [6, 6.07) is 28.9. The van der Waals surface area contributed by atoms with E-state index in [0.29, 0.717) is 0 Å². The van der Waals surface area contributed by atoms with Gasteiger partial charge in [-0.2, -0.15) is 0 Å². The Bertz CT molecular complexity index is 864. The first-order chi connectivity index (χ1) is 12.1. The molecule has 0 spiro atoms. The predicted molar refractivity (Wildman–Crippen MR) is 102 cm³/mol. The van der Waals surface area contributed by atoms with Gasteiger partial charge < -0.3 is 4.90 Å². The number of benzene rings is 3. The van der Waals surface area contributed by atoms with Crippen molar-refractivity contribution in [2.75, 3.05) is 11.9 Å². The first kappa shape index (κ1) is 15.6. The van der Waals surface area contributed by atoms with Crippen LogP contribution in [0, 0.1) is 0 Å². The van der Waals surface area contributed by atoms with Crippen molar-refractivity contribution in [3.63, 3.8) is 0 Å². The summed E-state index contributed by atoms with van der Waals surface area (Å²) in [5.41, 5.74) is 3.80. The molecule has 1 heterocycles. The van der Waals surface area contributed by atoms with Gasteiger partial charge in [0, 0.05) is 18.7 Å². The summed E-state index contributed by atoms with van der Waals surface area (Å²) in [5.74, 6) is 0.111. The van der Waals surface area contributed by atoms with Crippen molar-refractivity contribution in [1.29, 1.82) is 0 Å². The van der Waals surface area contributed by atoms with Crippen LogP contribution in [0.5, 0.6) is 0 Å². The molecule has 124 valence electrons.